The van der Waals surface area contributed by atoms with Crippen molar-refractivity contribution in [3.63, 3.8) is 0 Å². The predicted molar refractivity (Wildman–Crippen MR) is 83.9 cm³/mol. The van der Waals surface area contributed by atoms with Crippen LogP contribution < -0.4 is 0 Å². The Hall–Kier alpha value is -0.990. The summed E-state index contributed by atoms with van der Waals surface area (Å²) >= 11 is 0. The molecule has 1 amide bonds. The molecule has 0 aromatic carbocycles. The van der Waals surface area contributed by atoms with Crippen LogP contribution in [0.15, 0.2) is 12.2 Å². The highest BCUT2D eigenvalue weighted by molar-refractivity contribution is 5.69. The molecular weight excluding hydrogens is 250 g/mol. The van der Waals surface area contributed by atoms with Crippen molar-refractivity contribution in [2.75, 3.05) is 19.7 Å². The van der Waals surface area contributed by atoms with Crippen LogP contribution >= 0.6 is 0 Å². The van der Waals surface area contributed by atoms with Crippen molar-refractivity contribution in [1.82, 2.24) is 4.90 Å². The molecule has 0 atom stereocenters. The van der Waals surface area contributed by atoms with E-state index in [0.29, 0.717) is 6.61 Å². The molecule has 1 rings (SSSR count). The Morgan fingerprint density at radius 3 is 2.30 bits per heavy atom. The second-order valence-electron chi connectivity index (χ2n) is 5.63. The molecule has 0 N–H and O–H groups in total. The largest absolute Gasteiger partial charge is 0.448 e. The van der Waals surface area contributed by atoms with E-state index in [-0.39, 0.29) is 6.09 Å². The maximum absolute atomic E-state index is 11.2. The summed E-state index contributed by atoms with van der Waals surface area (Å²) in [7, 11) is 0. The lowest BCUT2D eigenvalue weighted by atomic mass is 10.1. The first-order valence-corrected chi connectivity index (χ1v) is 8.41. The van der Waals surface area contributed by atoms with Crippen molar-refractivity contribution in [3.05, 3.63) is 12.2 Å². The Bertz CT molecular complexity index is 276. The summed E-state index contributed by atoms with van der Waals surface area (Å²) in [5.41, 5.74) is 0. The number of carbonyl (C=O) groups excluding carboxylic acids is 1. The molecule has 0 saturated carbocycles. The van der Waals surface area contributed by atoms with Gasteiger partial charge in [0.25, 0.3) is 0 Å². The number of cyclic esters (lactones) is 1. The number of ether oxygens (including phenoxy) is 1. The molecular formula is C17H31NO2. The zero-order valence-electron chi connectivity index (χ0n) is 13.1. The molecule has 0 aromatic heterocycles. The third-order valence-electron chi connectivity index (χ3n) is 3.78. The molecule has 0 spiro atoms. The van der Waals surface area contributed by atoms with Gasteiger partial charge < -0.3 is 9.64 Å². The van der Waals surface area contributed by atoms with Gasteiger partial charge in [0, 0.05) is 6.54 Å². The highest BCUT2D eigenvalue weighted by Gasteiger charge is 2.20. The summed E-state index contributed by atoms with van der Waals surface area (Å²) in [4.78, 5) is 13.0. The van der Waals surface area contributed by atoms with Crippen LogP contribution in [0.2, 0.25) is 0 Å². The van der Waals surface area contributed by atoms with Gasteiger partial charge >= 0.3 is 6.09 Å². The predicted octanol–water partition coefficient (Wildman–Crippen LogP) is 4.92. The molecule has 1 saturated heterocycles. The Kier molecular flexibility index (Phi) is 10.1. The number of rotatable bonds is 12. The van der Waals surface area contributed by atoms with Crippen LogP contribution in [0.5, 0.6) is 0 Å². The summed E-state index contributed by atoms with van der Waals surface area (Å²) in [6.45, 7) is 4.47. The number of nitrogens with zero attached hydrogens (tertiary/aromatic N) is 1. The molecule has 1 fully saturated rings. The van der Waals surface area contributed by atoms with E-state index in [9.17, 15) is 4.79 Å². The first-order chi connectivity index (χ1) is 9.84. The van der Waals surface area contributed by atoms with Gasteiger partial charge in [-0.3, -0.25) is 0 Å². The van der Waals surface area contributed by atoms with E-state index in [4.69, 9.17) is 4.74 Å². The maximum Gasteiger partial charge on any atom is 0.409 e. The number of amides is 1. The first kappa shape index (κ1) is 17.1. The minimum absolute atomic E-state index is 0.125. The fourth-order valence-corrected chi connectivity index (χ4v) is 2.46. The molecule has 1 aliphatic rings. The van der Waals surface area contributed by atoms with Crippen LogP contribution in [0, 0.1) is 0 Å². The lowest BCUT2D eigenvalue weighted by Crippen LogP contribution is -2.25. The molecule has 0 bridgehead atoms. The van der Waals surface area contributed by atoms with Crippen molar-refractivity contribution in [2.45, 2.75) is 71.1 Å². The number of hydrogen-bond acceptors (Lipinski definition) is 2. The standard InChI is InChI=1S/C17H31NO2/c1-2-3-4-5-6-7-8-9-10-11-12-13-14-18-15-16-20-17(18)19/h5-6H,2-4,7-16H2,1H3/b6-5-. The molecule has 0 aromatic rings. The third kappa shape index (κ3) is 8.23. The maximum atomic E-state index is 11.2. The van der Waals surface area contributed by atoms with Crippen molar-refractivity contribution < 1.29 is 9.53 Å². The topological polar surface area (TPSA) is 29.5 Å². The van der Waals surface area contributed by atoms with E-state index in [2.05, 4.69) is 19.1 Å². The minimum atomic E-state index is -0.125. The van der Waals surface area contributed by atoms with Crippen molar-refractivity contribution >= 4 is 6.09 Å². The van der Waals surface area contributed by atoms with E-state index in [0.717, 1.165) is 19.5 Å². The highest BCUT2D eigenvalue weighted by Crippen LogP contribution is 2.10. The normalized spacial score (nSPS) is 15.2. The lowest BCUT2D eigenvalue weighted by Gasteiger charge is -2.11. The van der Waals surface area contributed by atoms with Gasteiger partial charge in [-0.15, -0.1) is 0 Å². The highest BCUT2D eigenvalue weighted by atomic mass is 16.6. The van der Waals surface area contributed by atoms with E-state index in [1.54, 1.807) is 0 Å². The van der Waals surface area contributed by atoms with Crippen LogP contribution in [0.4, 0.5) is 4.79 Å². The summed E-state index contributed by atoms with van der Waals surface area (Å²) < 4.78 is 4.90. The van der Waals surface area contributed by atoms with E-state index >= 15 is 0 Å². The van der Waals surface area contributed by atoms with E-state index in [1.807, 2.05) is 4.90 Å². The number of allylic oxidation sites excluding steroid dienone is 2. The zero-order chi connectivity index (χ0) is 14.5. The monoisotopic (exact) mass is 281 g/mol. The Morgan fingerprint density at radius 1 is 1.00 bits per heavy atom. The van der Waals surface area contributed by atoms with Gasteiger partial charge in [0.2, 0.25) is 0 Å². The van der Waals surface area contributed by atoms with Gasteiger partial charge in [-0.25, -0.2) is 4.79 Å². The van der Waals surface area contributed by atoms with Gasteiger partial charge in [-0.05, 0) is 25.7 Å². The Morgan fingerprint density at radius 2 is 1.65 bits per heavy atom. The van der Waals surface area contributed by atoms with Gasteiger partial charge in [0.15, 0.2) is 0 Å². The summed E-state index contributed by atoms with van der Waals surface area (Å²) in [6.07, 6.45) is 17.3. The van der Waals surface area contributed by atoms with Gasteiger partial charge in [0.05, 0.1) is 6.54 Å². The number of unbranched alkanes of at least 4 members (excludes halogenated alkanes) is 8. The average molecular weight is 281 g/mol. The minimum Gasteiger partial charge on any atom is -0.448 e. The van der Waals surface area contributed by atoms with Crippen LogP contribution in [0.25, 0.3) is 0 Å². The van der Waals surface area contributed by atoms with Crippen molar-refractivity contribution in [3.8, 4) is 0 Å². The molecule has 0 radical (unpaired) electrons. The SMILES string of the molecule is CCCC/C=C\CCCCCCCCN1CCOC1=O. The fourth-order valence-electron chi connectivity index (χ4n) is 2.46. The lowest BCUT2D eigenvalue weighted by molar-refractivity contribution is 0.158. The summed E-state index contributed by atoms with van der Waals surface area (Å²) in [5.74, 6) is 0. The quantitative estimate of drug-likeness (QED) is 0.375. The second-order valence-corrected chi connectivity index (χ2v) is 5.63. The molecule has 0 aliphatic carbocycles. The molecule has 20 heavy (non-hydrogen) atoms. The first-order valence-electron chi connectivity index (χ1n) is 8.41. The number of carbonyl (C=O) groups is 1. The van der Waals surface area contributed by atoms with Crippen LogP contribution in [-0.2, 0) is 4.74 Å². The van der Waals surface area contributed by atoms with E-state index in [1.165, 1.54) is 57.8 Å². The summed E-state index contributed by atoms with van der Waals surface area (Å²) in [6, 6.07) is 0. The third-order valence-corrected chi connectivity index (χ3v) is 3.78. The zero-order valence-corrected chi connectivity index (χ0v) is 13.1. The molecule has 3 nitrogen and oxygen atoms in total. The molecule has 1 aliphatic heterocycles. The van der Waals surface area contributed by atoms with Gasteiger partial charge in [0.1, 0.15) is 6.61 Å². The summed E-state index contributed by atoms with van der Waals surface area (Å²) in [5, 5.41) is 0. The molecule has 3 heteroatoms. The Balaban J connectivity index is 1.78. The second kappa shape index (κ2) is 11.8. The Labute approximate surface area is 124 Å². The smallest absolute Gasteiger partial charge is 0.409 e. The van der Waals surface area contributed by atoms with E-state index < -0.39 is 0 Å². The van der Waals surface area contributed by atoms with Crippen molar-refractivity contribution in [2.24, 2.45) is 0 Å². The fraction of sp³-hybridized carbons (Fsp3) is 0.824. The van der Waals surface area contributed by atoms with Crippen LogP contribution in [-0.4, -0.2) is 30.7 Å². The van der Waals surface area contributed by atoms with Gasteiger partial charge in [-0.1, -0.05) is 57.6 Å². The van der Waals surface area contributed by atoms with Crippen molar-refractivity contribution in [1.29, 1.82) is 0 Å². The van der Waals surface area contributed by atoms with Crippen LogP contribution in [0.3, 0.4) is 0 Å². The average Bonchev–Trinajstić information content (AvgIpc) is 2.85. The number of hydrogen-bond donors (Lipinski definition) is 0. The molecule has 1 heterocycles. The molecule has 0 unspecified atom stereocenters. The van der Waals surface area contributed by atoms with Crippen LogP contribution in [0.1, 0.15) is 71.1 Å². The molecule has 116 valence electrons. The van der Waals surface area contributed by atoms with Gasteiger partial charge in [-0.2, -0.15) is 0 Å².